The second-order valence-corrected chi connectivity index (χ2v) is 9.51. The summed E-state index contributed by atoms with van der Waals surface area (Å²) in [6.45, 7) is 4.05. The Bertz CT molecular complexity index is 1260. The van der Waals surface area contributed by atoms with Crippen LogP contribution in [0.2, 0.25) is 0 Å². The first-order chi connectivity index (χ1) is 16.2. The van der Waals surface area contributed by atoms with E-state index in [0.717, 1.165) is 5.56 Å². The SMILES string of the molecule is COc1ccc(N2C(=O)CC(c3ccc4c(c3)OCO4)C3=C2CC(C)(C)CC3=O)c([N+](=O)[O-])c1. The maximum atomic E-state index is 13.6. The molecule has 0 aromatic heterocycles. The summed E-state index contributed by atoms with van der Waals surface area (Å²) in [4.78, 5) is 39.8. The molecular formula is C25H24N2O7. The molecule has 0 saturated heterocycles. The highest BCUT2D eigenvalue weighted by atomic mass is 16.7. The number of methoxy groups -OCH3 is 1. The van der Waals surface area contributed by atoms with Crippen molar-refractivity contribution in [2.75, 3.05) is 18.8 Å². The van der Waals surface area contributed by atoms with Gasteiger partial charge in [-0.25, -0.2) is 0 Å². The number of fused-ring (bicyclic) bond motifs is 1. The monoisotopic (exact) mass is 464 g/mol. The van der Waals surface area contributed by atoms with Crippen molar-refractivity contribution in [2.24, 2.45) is 5.41 Å². The summed E-state index contributed by atoms with van der Waals surface area (Å²) >= 11 is 0. The second-order valence-electron chi connectivity index (χ2n) is 9.51. The number of anilines is 1. The van der Waals surface area contributed by atoms with E-state index in [2.05, 4.69) is 0 Å². The highest BCUT2D eigenvalue weighted by Gasteiger charge is 2.45. The van der Waals surface area contributed by atoms with Gasteiger partial charge in [0.1, 0.15) is 11.4 Å². The predicted octanol–water partition coefficient (Wildman–Crippen LogP) is 4.50. The molecule has 0 spiro atoms. The summed E-state index contributed by atoms with van der Waals surface area (Å²) in [6, 6.07) is 9.81. The number of ether oxygens (including phenoxy) is 3. The van der Waals surface area contributed by atoms with Crippen LogP contribution < -0.4 is 19.1 Å². The van der Waals surface area contributed by atoms with E-state index in [1.165, 1.54) is 24.1 Å². The van der Waals surface area contributed by atoms with Crippen LogP contribution in [-0.2, 0) is 9.59 Å². The van der Waals surface area contributed by atoms with Gasteiger partial charge in [0.2, 0.25) is 12.7 Å². The summed E-state index contributed by atoms with van der Waals surface area (Å²) in [5.41, 5.74) is 1.32. The largest absolute Gasteiger partial charge is 0.496 e. The van der Waals surface area contributed by atoms with Gasteiger partial charge in [-0.3, -0.25) is 24.6 Å². The minimum Gasteiger partial charge on any atom is -0.496 e. The van der Waals surface area contributed by atoms with Crippen molar-refractivity contribution >= 4 is 23.1 Å². The number of allylic oxidation sites excluding steroid dienone is 2. The van der Waals surface area contributed by atoms with E-state index < -0.39 is 16.3 Å². The van der Waals surface area contributed by atoms with Crippen LogP contribution in [0.5, 0.6) is 17.2 Å². The van der Waals surface area contributed by atoms with Gasteiger partial charge < -0.3 is 14.2 Å². The fourth-order valence-corrected chi connectivity index (χ4v) is 5.07. The van der Waals surface area contributed by atoms with Gasteiger partial charge in [0.15, 0.2) is 17.3 Å². The maximum absolute atomic E-state index is 13.6. The molecule has 0 saturated carbocycles. The molecule has 0 bridgehead atoms. The van der Waals surface area contributed by atoms with Gasteiger partial charge in [0.25, 0.3) is 5.69 Å². The van der Waals surface area contributed by atoms with Crippen molar-refractivity contribution in [1.82, 2.24) is 0 Å². The molecular weight excluding hydrogens is 440 g/mol. The summed E-state index contributed by atoms with van der Waals surface area (Å²) in [6.07, 6.45) is 0.775. The van der Waals surface area contributed by atoms with E-state index in [4.69, 9.17) is 14.2 Å². The van der Waals surface area contributed by atoms with Crippen molar-refractivity contribution in [3.8, 4) is 17.2 Å². The van der Waals surface area contributed by atoms with E-state index in [9.17, 15) is 19.7 Å². The number of amides is 1. The van der Waals surface area contributed by atoms with Crippen molar-refractivity contribution in [1.29, 1.82) is 0 Å². The smallest absolute Gasteiger partial charge is 0.297 e. The van der Waals surface area contributed by atoms with Gasteiger partial charge in [0, 0.05) is 30.0 Å². The number of Topliss-reactive ketones (excluding diaryl/α,β-unsaturated/α-hetero) is 1. The molecule has 5 rings (SSSR count). The van der Waals surface area contributed by atoms with Gasteiger partial charge >= 0.3 is 0 Å². The van der Waals surface area contributed by atoms with Gasteiger partial charge in [0.05, 0.1) is 18.1 Å². The molecule has 9 heteroatoms. The number of rotatable bonds is 4. The third kappa shape index (κ3) is 3.57. The number of nitrogens with zero attached hydrogens (tertiary/aromatic N) is 2. The molecule has 1 aliphatic carbocycles. The Hall–Kier alpha value is -3.88. The van der Waals surface area contributed by atoms with Crippen LogP contribution in [0.1, 0.15) is 44.6 Å². The topological polar surface area (TPSA) is 108 Å². The quantitative estimate of drug-likeness (QED) is 0.484. The Morgan fingerprint density at radius 2 is 1.85 bits per heavy atom. The zero-order valence-electron chi connectivity index (χ0n) is 19.1. The zero-order valence-corrected chi connectivity index (χ0v) is 19.1. The summed E-state index contributed by atoms with van der Waals surface area (Å²) in [5.74, 6) is 0.680. The fraction of sp³-hybridized carbons (Fsp3) is 0.360. The number of nitro benzene ring substituents is 1. The highest BCUT2D eigenvalue weighted by Crippen LogP contribution is 2.50. The average Bonchev–Trinajstić information content (AvgIpc) is 3.25. The highest BCUT2D eigenvalue weighted by molar-refractivity contribution is 6.08. The molecule has 9 nitrogen and oxygen atoms in total. The number of hydrogen-bond acceptors (Lipinski definition) is 7. The van der Waals surface area contributed by atoms with Gasteiger partial charge in [-0.2, -0.15) is 0 Å². The molecule has 1 unspecified atom stereocenters. The van der Waals surface area contributed by atoms with Gasteiger partial charge in [-0.1, -0.05) is 19.9 Å². The fourth-order valence-electron chi connectivity index (χ4n) is 5.07. The van der Waals surface area contributed by atoms with Crippen molar-refractivity contribution < 1.29 is 28.7 Å². The van der Waals surface area contributed by atoms with Crippen LogP contribution in [0.15, 0.2) is 47.7 Å². The Morgan fingerprint density at radius 1 is 1.09 bits per heavy atom. The van der Waals surface area contributed by atoms with E-state index in [0.29, 0.717) is 41.4 Å². The molecule has 34 heavy (non-hydrogen) atoms. The molecule has 2 aromatic rings. The number of hydrogen-bond donors (Lipinski definition) is 0. The zero-order chi connectivity index (χ0) is 24.2. The van der Waals surface area contributed by atoms with E-state index >= 15 is 0 Å². The van der Waals surface area contributed by atoms with E-state index in [-0.39, 0.29) is 36.3 Å². The van der Waals surface area contributed by atoms with Crippen molar-refractivity contribution in [3.05, 3.63) is 63.3 Å². The number of benzene rings is 2. The first-order valence-electron chi connectivity index (χ1n) is 11.0. The number of ketones is 1. The molecule has 0 fully saturated rings. The molecule has 0 N–H and O–H groups in total. The molecule has 2 aromatic carbocycles. The Morgan fingerprint density at radius 3 is 2.59 bits per heavy atom. The average molecular weight is 464 g/mol. The van der Waals surface area contributed by atoms with Crippen LogP contribution in [0.3, 0.4) is 0 Å². The standard InChI is InChI=1S/C25H24N2O7/c1-25(2)11-19-24(20(28)12-25)16(14-4-7-21-22(8-14)34-13-33-21)10-23(29)26(19)17-6-5-15(32-3)9-18(17)27(30)31/h4-9,16H,10-13H2,1-3H3. The maximum Gasteiger partial charge on any atom is 0.297 e. The second kappa shape index (κ2) is 7.86. The van der Waals surface area contributed by atoms with Gasteiger partial charge in [-0.05, 0) is 41.7 Å². The molecule has 0 radical (unpaired) electrons. The minimum absolute atomic E-state index is 0.00777. The normalized spacial score (nSPS) is 20.9. The van der Waals surface area contributed by atoms with Crippen molar-refractivity contribution in [2.45, 2.75) is 39.0 Å². The number of nitro groups is 1. The van der Waals surface area contributed by atoms with Crippen molar-refractivity contribution in [3.63, 3.8) is 0 Å². The van der Waals surface area contributed by atoms with Gasteiger partial charge in [-0.15, -0.1) is 0 Å². The van der Waals surface area contributed by atoms with Crippen LogP contribution in [0.4, 0.5) is 11.4 Å². The summed E-state index contributed by atoms with van der Waals surface area (Å²) in [7, 11) is 1.42. The van der Waals surface area contributed by atoms with E-state index in [1.54, 1.807) is 12.1 Å². The molecule has 1 atom stereocenters. The molecule has 176 valence electrons. The Balaban J connectivity index is 1.69. The van der Waals surface area contributed by atoms with Crippen LogP contribution in [-0.4, -0.2) is 30.5 Å². The lowest BCUT2D eigenvalue weighted by Gasteiger charge is -2.42. The summed E-state index contributed by atoms with van der Waals surface area (Å²) < 4.78 is 16.0. The lowest BCUT2D eigenvalue weighted by atomic mass is 9.69. The van der Waals surface area contributed by atoms with Crippen LogP contribution in [0, 0.1) is 15.5 Å². The predicted molar refractivity (Wildman–Crippen MR) is 122 cm³/mol. The minimum atomic E-state index is -0.537. The lowest BCUT2D eigenvalue weighted by molar-refractivity contribution is -0.384. The van der Waals surface area contributed by atoms with Crippen LogP contribution in [0.25, 0.3) is 0 Å². The number of carbonyl (C=O) groups is 2. The Labute approximate surface area is 196 Å². The Kier molecular flexibility index (Phi) is 5.07. The lowest BCUT2D eigenvalue weighted by Crippen LogP contribution is -2.44. The molecule has 3 aliphatic rings. The van der Waals surface area contributed by atoms with E-state index in [1.807, 2.05) is 26.0 Å². The third-order valence-electron chi connectivity index (χ3n) is 6.56. The third-order valence-corrected chi connectivity index (χ3v) is 6.56. The summed E-state index contributed by atoms with van der Waals surface area (Å²) in [5, 5.41) is 11.9. The number of carbonyl (C=O) groups excluding carboxylic acids is 2. The van der Waals surface area contributed by atoms with Crippen LogP contribution >= 0.6 is 0 Å². The molecule has 1 amide bonds. The first-order valence-corrected chi connectivity index (χ1v) is 11.0. The first kappa shape index (κ1) is 21.9. The molecule has 2 heterocycles. The molecule has 2 aliphatic heterocycles.